The summed E-state index contributed by atoms with van der Waals surface area (Å²) in [6.07, 6.45) is 5.94. The van der Waals surface area contributed by atoms with Gasteiger partial charge in [-0.05, 0) is 49.9 Å². The molecule has 20 heavy (non-hydrogen) atoms. The molecule has 0 fully saturated rings. The van der Waals surface area contributed by atoms with Crippen LogP contribution in [0.3, 0.4) is 0 Å². The van der Waals surface area contributed by atoms with E-state index in [0.717, 1.165) is 24.2 Å². The lowest BCUT2D eigenvalue weighted by molar-refractivity contribution is 0.242. The van der Waals surface area contributed by atoms with Crippen LogP contribution < -0.4 is 10.5 Å². The average Bonchev–Trinajstić information content (AvgIpc) is 2.81. The zero-order chi connectivity index (χ0) is 14.5. The quantitative estimate of drug-likeness (QED) is 0.880. The molecule has 1 atom stereocenters. The molecule has 2 N–H and O–H groups in total. The third kappa shape index (κ3) is 4.10. The Balaban J connectivity index is 1.96. The van der Waals surface area contributed by atoms with Gasteiger partial charge in [0.1, 0.15) is 5.75 Å². The minimum atomic E-state index is 0.0194. The monoisotopic (exact) mass is 273 g/mol. The Labute approximate surface area is 120 Å². The SMILES string of the molecule is CC(C)Oc1cccc(C(N)CCc2cnn(C)c2)c1. The van der Waals surface area contributed by atoms with Crippen molar-refractivity contribution in [1.82, 2.24) is 9.78 Å². The van der Waals surface area contributed by atoms with Crippen LogP contribution in [-0.2, 0) is 13.5 Å². The Morgan fingerprint density at radius 2 is 2.15 bits per heavy atom. The Morgan fingerprint density at radius 1 is 1.35 bits per heavy atom. The maximum atomic E-state index is 6.27. The Morgan fingerprint density at radius 3 is 2.80 bits per heavy atom. The van der Waals surface area contributed by atoms with Crippen LogP contribution in [0.4, 0.5) is 0 Å². The van der Waals surface area contributed by atoms with E-state index in [1.165, 1.54) is 5.56 Å². The molecule has 1 aromatic carbocycles. The first kappa shape index (κ1) is 14.6. The maximum Gasteiger partial charge on any atom is 0.120 e. The first-order valence-corrected chi connectivity index (χ1v) is 7.04. The van der Waals surface area contributed by atoms with Crippen LogP contribution in [0.15, 0.2) is 36.7 Å². The van der Waals surface area contributed by atoms with E-state index in [9.17, 15) is 0 Å². The largest absolute Gasteiger partial charge is 0.491 e. The Bertz CT molecular complexity index is 548. The third-order valence-electron chi connectivity index (χ3n) is 3.16. The molecule has 0 aliphatic heterocycles. The van der Waals surface area contributed by atoms with Gasteiger partial charge in [-0.25, -0.2) is 0 Å². The fourth-order valence-electron chi connectivity index (χ4n) is 2.18. The van der Waals surface area contributed by atoms with E-state index in [1.54, 1.807) is 0 Å². The predicted molar refractivity (Wildman–Crippen MR) is 80.7 cm³/mol. The van der Waals surface area contributed by atoms with Crippen LogP contribution in [-0.4, -0.2) is 15.9 Å². The number of rotatable bonds is 6. The van der Waals surface area contributed by atoms with Crippen LogP contribution in [0.2, 0.25) is 0 Å². The fourth-order valence-corrected chi connectivity index (χ4v) is 2.18. The molecule has 4 heteroatoms. The van der Waals surface area contributed by atoms with Gasteiger partial charge in [-0.1, -0.05) is 12.1 Å². The molecule has 0 radical (unpaired) electrons. The third-order valence-corrected chi connectivity index (χ3v) is 3.16. The predicted octanol–water partition coefficient (Wildman–Crippen LogP) is 2.84. The minimum absolute atomic E-state index is 0.0194. The van der Waals surface area contributed by atoms with E-state index in [0.29, 0.717) is 0 Å². The highest BCUT2D eigenvalue weighted by molar-refractivity contribution is 5.30. The summed E-state index contributed by atoms with van der Waals surface area (Å²) in [6, 6.07) is 8.08. The van der Waals surface area contributed by atoms with Crippen LogP contribution >= 0.6 is 0 Å². The zero-order valence-corrected chi connectivity index (χ0v) is 12.4. The summed E-state index contributed by atoms with van der Waals surface area (Å²) in [5.74, 6) is 0.884. The number of nitrogens with two attached hydrogens (primary N) is 1. The van der Waals surface area contributed by atoms with Gasteiger partial charge in [0.25, 0.3) is 0 Å². The summed E-state index contributed by atoms with van der Waals surface area (Å²) >= 11 is 0. The molecule has 0 spiro atoms. The standard InChI is InChI=1S/C16H23N3O/c1-12(2)20-15-6-4-5-14(9-15)16(17)8-7-13-10-18-19(3)11-13/h4-6,9-12,16H,7-8,17H2,1-3H3. The Hall–Kier alpha value is -1.81. The molecule has 0 aliphatic carbocycles. The van der Waals surface area contributed by atoms with E-state index in [2.05, 4.69) is 11.2 Å². The second kappa shape index (κ2) is 6.57. The lowest BCUT2D eigenvalue weighted by Gasteiger charge is -2.15. The molecule has 0 saturated carbocycles. The molecule has 1 unspecified atom stereocenters. The van der Waals surface area contributed by atoms with Gasteiger partial charge in [-0.3, -0.25) is 4.68 Å². The number of aryl methyl sites for hydroxylation is 2. The number of benzene rings is 1. The fraction of sp³-hybridized carbons (Fsp3) is 0.438. The van der Waals surface area contributed by atoms with E-state index < -0.39 is 0 Å². The molecule has 1 aromatic heterocycles. The summed E-state index contributed by atoms with van der Waals surface area (Å²) in [7, 11) is 1.93. The van der Waals surface area contributed by atoms with Crippen LogP contribution in [0, 0.1) is 0 Å². The van der Waals surface area contributed by atoms with Crippen molar-refractivity contribution >= 4 is 0 Å². The molecule has 108 valence electrons. The van der Waals surface area contributed by atoms with Gasteiger partial charge in [0.15, 0.2) is 0 Å². The normalized spacial score (nSPS) is 12.7. The molecule has 1 heterocycles. The second-order valence-electron chi connectivity index (χ2n) is 5.41. The van der Waals surface area contributed by atoms with Gasteiger partial charge in [0, 0.05) is 19.3 Å². The number of nitrogens with zero attached hydrogens (tertiary/aromatic N) is 2. The van der Waals surface area contributed by atoms with Gasteiger partial charge in [0.2, 0.25) is 0 Å². The highest BCUT2D eigenvalue weighted by Crippen LogP contribution is 2.22. The zero-order valence-electron chi connectivity index (χ0n) is 12.4. The summed E-state index contributed by atoms with van der Waals surface area (Å²) < 4.78 is 7.52. The van der Waals surface area contributed by atoms with Crippen molar-refractivity contribution < 1.29 is 4.74 Å². The molecule has 0 bridgehead atoms. The van der Waals surface area contributed by atoms with E-state index in [1.807, 2.05) is 56.2 Å². The molecule has 0 saturated heterocycles. The lowest BCUT2D eigenvalue weighted by Crippen LogP contribution is -2.12. The van der Waals surface area contributed by atoms with Crippen LogP contribution in [0.25, 0.3) is 0 Å². The van der Waals surface area contributed by atoms with Crippen molar-refractivity contribution in [3.8, 4) is 5.75 Å². The topological polar surface area (TPSA) is 53.1 Å². The van der Waals surface area contributed by atoms with Crippen molar-refractivity contribution in [2.75, 3.05) is 0 Å². The molecule has 0 aliphatic rings. The van der Waals surface area contributed by atoms with Gasteiger partial charge >= 0.3 is 0 Å². The van der Waals surface area contributed by atoms with Gasteiger partial charge in [0.05, 0.1) is 12.3 Å². The number of hydrogen-bond acceptors (Lipinski definition) is 3. The molecule has 0 amide bonds. The van der Waals surface area contributed by atoms with Crippen molar-refractivity contribution in [1.29, 1.82) is 0 Å². The number of hydrogen-bond donors (Lipinski definition) is 1. The Kier molecular flexibility index (Phi) is 4.79. The highest BCUT2D eigenvalue weighted by atomic mass is 16.5. The van der Waals surface area contributed by atoms with Gasteiger partial charge in [-0.15, -0.1) is 0 Å². The summed E-state index contributed by atoms with van der Waals surface area (Å²) in [6.45, 7) is 4.05. The highest BCUT2D eigenvalue weighted by Gasteiger charge is 2.08. The van der Waals surface area contributed by atoms with Crippen molar-refractivity contribution in [3.05, 3.63) is 47.8 Å². The summed E-state index contributed by atoms with van der Waals surface area (Å²) in [5, 5.41) is 4.17. The number of ether oxygens (including phenoxy) is 1. The van der Waals surface area contributed by atoms with Crippen LogP contribution in [0.5, 0.6) is 5.75 Å². The summed E-state index contributed by atoms with van der Waals surface area (Å²) in [4.78, 5) is 0. The molecule has 2 aromatic rings. The smallest absolute Gasteiger partial charge is 0.120 e. The van der Waals surface area contributed by atoms with E-state index in [4.69, 9.17) is 10.5 Å². The molecular formula is C16H23N3O. The van der Waals surface area contributed by atoms with E-state index >= 15 is 0 Å². The van der Waals surface area contributed by atoms with Gasteiger partial charge in [-0.2, -0.15) is 5.10 Å². The first-order chi connectivity index (χ1) is 9.54. The maximum absolute atomic E-state index is 6.27. The van der Waals surface area contributed by atoms with Gasteiger partial charge < -0.3 is 10.5 Å². The number of aromatic nitrogens is 2. The molecular weight excluding hydrogens is 250 g/mol. The lowest BCUT2D eigenvalue weighted by atomic mass is 10.0. The van der Waals surface area contributed by atoms with Crippen molar-refractivity contribution in [2.24, 2.45) is 12.8 Å². The second-order valence-corrected chi connectivity index (χ2v) is 5.41. The first-order valence-electron chi connectivity index (χ1n) is 7.04. The van der Waals surface area contributed by atoms with Crippen LogP contribution in [0.1, 0.15) is 37.4 Å². The van der Waals surface area contributed by atoms with E-state index in [-0.39, 0.29) is 12.1 Å². The molecule has 4 nitrogen and oxygen atoms in total. The summed E-state index contributed by atoms with van der Waals surface area (Å²) in [5.41, 5.74) is 8.60. The van der Waals surface area contributed by atoms with Crippen molar-refractivity contribution in [3.63, 3.8) is 0 Å². The average molecular weight is 273 g/mol. The minimum Gasteiger partial charge on any atom is -0.491 e. The van der Waals surface area contributed by atoms with Crippen molar-refractivity contribution in [2.45, 2.75) is 38.8 Å². The molecule has 2 rings (SSSR count).